The Morgan fingerprint density at radius 2 is 2.00 bits per heavy atom. The van der Waals surface area contributed by atoms with Crippen LogP contribution in [0.15, 0.2) is 24.3 Å². The molecule has 0 spiro atoms. The molecule has 18 heavy (non-hydrogen) atoms. The highest BCUT2D eigenvalue weighted by molar-refractivity contribution is 5.49. The average molecular weight is 252 g/mol. The van der Waals surface area contributed by atoms with Crippen molar-refractivity contribution in [2.24, 2.45) is 0 Å². The van der Waals surface area contributed by atoms with E-state index in [1.165, 1.54) is 0 Å². The number of nitrogens with zero attached hydrogens (tertiary/aromatic N) is 2. The highest BCUT2D eigenvalue weighted by Gasteiger charge is 2.26. The Morgan fingerprint density at radius 1 is 1.28 bits per heavy atom. The molecule has 1 aliphatic heterocycles. The van der Waals surface area contributed by atoms with E-state index in [9.17, 15) is 5.11 Å². The van der Waals surface area contributed by atoms with Crippen molar-refractivity contribution in [2.75, 3.05) is 44.8 Å². The van der Waals surface area contributed by atoms with Crippen molar-refractivity contribution >= 4 is 5.69 Å². The number of methoxy groups -OCH3 is 1. The number of hydrogen-bond acceptors (Lipinski definition) is 5. The second-order valence-electron chi connectivity index (χ2n) is 4.42. The van der Waals surface area contributed by atoms with E-state index in [-0.39, 0.29) is 18.6 Å². The van der Waals surface area contributed by atoms with Gasteiger partial charge in [0.15, 0.2) is 0 Å². The van der Waals surface area contributed by atoms with Crippen LogP contribution in [0.4, 0.5) is 5.69 Å². The zero-order valence-electron chi connectivity index (χ0n) is 10.6. The number of phenolic OH excluding ortho intramolecular Hbond substituents is 1. The van der Waals surface area contributed by atoms with Gasteiger partial charge in [-0.05, 0) is 24.3 Å². The van der Waals surface area contributed by atoms with E-state index in [0.717, 1.165) is 25.3 Å². The lowest BCUT2D eigenvalue weighted by atomic mass is 10.2. The van der Waals surface area contributed by atoms with Gasteiger partial charge in [0.05, 0.1) is 6.61 Å². The summed E-state index contributed by atoms with van der Waals surface area (Å²) in [4.78, 5) is 4.36. The van der Waals surface area contributed by atoms with Crippen LogP contribution in [0.1, 0.15) is 0 Å². The number of aliphatic hydroxyl groups is 1. The smallest absolute Gasteiger partial charge is 0.142 e. The topological polar surface area (TPSA) is 56.2 Å². The number of anilines is 1. The molecule has 5 heteroatoms. The molecule has 2 rings (SSSR count). The molecule has 5 nitrogen and oxygen atoms in total. The van der Waals surface area contributed by atoms with Crippen molar-refractivity contribution in [1.29, 1.82) is 0 Å². The molecule has 0 radical (unpaired) electrons. The van der Waals surface area contributed by atoms with Crippen molar-refractivity contribution in [3.63, 3.8) is 0 Å². The summed E-state index contributed by atoms with van der Waals surface area (Å²) in [6.07, 6.45) is -0.0187. The number of aromatic hydroxyl groups is 1. The van der Waals surface area contributed by atoms with Crippen molar-refractivity contribution in [1.82, 2.24) is 4.90 Å². The summed E-state index contributed by atoms with van der Waals surface area (Å²) in [5.41, 5.74) is 1.04. The molecular formula is C13H20N2O3. The minimum absolute atomic E-state index is 0.0187. The SMILES string of the molecule is COC1CN(CCO)CCN1c1ccc(O)cc1. The fraction of sp³-hybridized carbons (Fsp3) is 0.538. The first kappa shape index (κ1) is 13.1. The maximum absolute atomic E-state index is 9.30. The van der Waals surface area contributed by atoms with Gasteiger partial charge in [-0.25, -0.2) is 0 Å². The minimum atomic E-state index is -0.0187. The zero-order valence-corrected chi connectivity index (χ0v) is 10.6. The summed E-state index contributed by atoms with van der Waals surface area (Å²) in [5, 5.41) is 18.3. The summed E-state index contributed by atoms with van der Waals surface area (Å²) in [6, 6.07) is 7.15. The molecule has 1 saturated heterocycles. The molecule has 1 fully saturated rings. The number of hydrogen-bond donors (Lipinski definition) is 2. The summed E-state index contributed by atoms with van der Waals surface area (Å²) >= 11 is 0. The lowest BCUT2D eigenvalue weighted by Crippen LogP contribution is -2.54. The average Bonchev–Trinajstić information content (AvgIpc) is 2.40. The number of rotatable bonds is 4. The number of piperazine rings is 1. The molecule has 2 N–H and O–H groups in total. The number of β-amino-alcohol motifs (C(OH)–C–C–N with tert-alkyl or cyclic N) is 1. The van der Waals surface area contributed by atoms with Crippen molar-refractivity contribution in [3.8, 4) is 5.75 Å². The second-order valence-corrected chi connectivity index (χ2v) is 4.42. The van der Waals surface area contributed by atoms with Gasteiger partial charge in [0.2, 0.25) is 0 Å². The van der Waals surface area contributed by atoms with Gasteiger partial charge in [0, 0.05) is 39.0 Å². The molecule has 0 aromatic heterocycles. The fourth-order valence-electron chi connectivity index (χ4n) is 2.29. The second kappa shape index (κ2) is 6.04. The summed E-state index contributed by atoms with van der Waals surface area (Å²) in [7, 11) is 1.69. The Kier molecular flexibility index (Phi) is 4.41. The standard InChI is InChI=1S/C13H20N2O3/c1-18-13-10-14(8-9-16)6-7-15(13)11-2-4-12(17)5-3-11/h2-5,13,16-17H,6-10H2,1H3. The largest absolute Gasteiger partial charge is 0.508 e. The third kappa shape index (κ3) is 2.93. The van der Waals surface area contributed by atoms with Crippen LogP contribution in [0.5, 0.6) is 5.75 Å². The van der Waals surface area contributed by atoms with E-state index in [1.54, 1.807) is 19.2 Å². The molecule has 1 aromatic carbocycles. The van der Waals surface area contributed by atoms with Gasteiger partial charge >= 0.3 is 0 Å². The van der Waals surface area contributed by atoms with Crippen LogP contribution in [0.2, 0.25) is 0 Å². The quantitative estimate of drug-likeness (QED) is 0.816. The number of aliphatic hydroxyl groups excluding tert-OH is 1. The molecular weight excluding hydrogens is 232 g/mol. The molecule has 1 aromatic rings. The Balaban J connectivity index is 2.06. The lowest BCUT2D eigenvalue weighted by molar-refractivity contribution is 0.0348. The Hall–Kier alpha value is -1.30. The predicted molar refractivity (Wildman–Crippen MR) is 69.8 cm³/mol. The zero-order chi connectivity index (χ0) is 13.0. The van der Waals surface area contributed by atoms with Crippen molar-refractivity contribution in [3.05, 3.63) is 24.3 Å². The summed E-state index contributed by atoms with van der Waals surface area (Å²) < 4.78 is 5.51. The Bertz CT molecular complexity index is 369. The molecule has 100 valence electrons. The van der Waals surface area contributed by atoms with Gasteiger partial charge in [0.1, 0.15) is 12.0 Å². The van der Waals surface area contributed by atoms with E-state index in [0.29, 0.717) is 6.54 Å². The van der Waals surface area contributed by atoms with E-state index in [1.807, 2.05) is 12.1 Å². The molecule has 1 atom stereocenters. The molecule has 0 aliphatic carbocycles. The van der Waals surface area contributed by atoms with E-state index in [4.69, 9.17) is 9.84 Å². The number of phenols is 1. The Labute approximate surface area is 107 Å². The van der Waals surface area contributed by atoms with Crippen LogP contribution >= 0.6 is 0 Å². The fourth-order valence-corrected chi connectivity index (χ4v) is 2.29. The molecule has 1 heterocycles. The van der Waals surface area contributed by atoms with Crippen molar-refractivity contribution in [2.45, 2.75) is 6.23 Å². The lowest BCUT2D eigenvalue weighted by Gasteiger charge is -2.41. The van der Waals surface area contributed by atoms with Gasteiger partial charge in [-0.3, -0.25) is 4.90 Å². The van der Waals surface area contributed by atoms with Gasteiger partial charge < -0.3 is 19.8 Å². The highest BCUT2D eigenvalue weighted by Crippen LogP contribution is 2.23. The summed E-state index contributed by atoms with van der Waals surface area (Å²) in [5.74, 6) is 0.270. The van der Waals surface area contributed by atoms with Gasteiger partial charge in [-0.2, -0.15) is 0 Å². The Morgan fingerprint density at radius 3 is 2.61 bits per heavy atom. The highest BCUT2D eigenvalue weighted by atomic mass is 16.5. The van der Waals surface area contributed by atoms with Crippen LogP contribution in [-0.4, -0.2) is 61.2 Å². The normalized spacial score (nSPS) is 21.2. The van der Waals surface area contributed by atoms with Crippen LogP contribution in [0.25, 0.3) is 0 Å². The third-order valence-electron chi connectivity index (χ3n) is 3.29. The van der Waals surface area contributed by atoms with Crippen LogP contribution in [-0.2, 0) is 4.74 Å². The first-order chi connectivity index (χ1) is 8.74. The van der Waals surface area contributed by atoms with Crippen LogP contribution in [0.3, 0.4) is 0 Å². The first-order valence-corrected chi connectivity index (χ1v) is 6.16. The molecule has 0 bridgehead atoms. The number of ether oxygens (including phenoxy) is 1. The third-order valence-corrected chi connectivity index (χ3v) is 3.29. The van der Waals surface area contributed by atoms with E-state index in [2.05, 4.69) is 9.80 Å². The van der Waals surface area contributed by atoms with E-state index >= 15 is 0 Å². The van der Waals surface area contributed by atoms with Crippen LogP contribution < -0.4 is 4.90 Å². The predicted octanol–water partition coefficient (Wildman–Crippen LogP) is 0.479. The van der Waals surface area contributed by atoms with Crippen LogP contribution in [0, 0.1) is 0 Å². The monoisotopic (exact) mass is 252 g/mol. The van der Waals surface area contributed by atoms with Crippen molar-refractivity contribution < 1.29 is 14.9 Å². The maximum atomic E-state index is 9.30. The van der Waals surface area contributed by atoms with Gasteiger partial charge in [-0.1, -0.05) is 0 Å². The first-order valence-electron chi connectivity index (χ1n) is 6.16. The van der Waals surface area contributed by atoms with E-state index < -0.39 is 0 Å². The molecule has 0 amide bonds. The molecule has 1 unspecified atom stereocenters. The molecule has 0 saturated carbocycles. The maximum Gasteiger partial charge on any atom is 0.142 e. The van der Waals surface area contributed by atoms with Gasteiger partial charge in [-0.15, -0.1) is 0 Å². The number of benzene rings is 1. The van der Waals surface area contributed by atoms with Gasteiger partial charge in [0.25, 0.3) is 0 Å². The molecule has 1 aliphatic rings. The minimum Gasteiger partial charge on any atom is -0.508 e. The summed E-state index contributed by atoms with van der Waals surface area (Å²) in [6.45, 7) is 3.39.